The molecule has 1 aliphatic rings. The molecule has 1 unspecified atom stereocenters. The van der Waals surface area contributed by atoms with Crippen molar-refractivity contribution in [3.8, 4) is 0 Å². The fraction of sp³-hybridized carbons (Fsp3) is 0.692. The van der Waals surface area contributed by atoms with Crippen LogP contribution in [0.3, 0.4) is 0 Å². The zero-order chi connectivity index (χ0) is 11.4. The Labute approximate surface area is 102 Å². The second-order valence-electron chi connectivity index (χ2n) is 4.79. The normalized spacial score (nSPS) is 25.9. The predicted molar refractivity (Wildman–Crippen MR) is 69.0 cm³/mol. The lowest BCUT2D eigenvalue weighted by Crippen LogP contribution is -2.48. The van der Waals surface area contributed by atoms with Gasteiger partial charge in [-0.1, -0.05) is 6.92 Å². The van der Waals surface area contributed by atoms with E-state index in [2.05, 4.69) is 31.3 Å². The molecule has 90 valence electrons. The van der Waals surface area contributed by atoms with Crippen molar-refractivity contribution in [3.05, 3.63) is 21.9 Å². The molecule has 0 bridgehead atoms. The van der Waals surface area contributed by atoms with E-state index in [1.54, 1.807) is 0 Å². The molecule has 2 heterocycles. The van der Waals surface area contributed by atoms with E-state index >= 15 is 0 Å². The highest BCUT2D eigenvalue weighted by Gasteiger charge is 2.26. The highest BCUT2D eigenvalue weighted by Crippen LogP contribution is 2.21. The van der Waals surface area contributed by atoms with Gasteiger partial charge in [-0.05, 0) is 38.3 Å². The minimum absolute atomic E-state index is 0.175. The number of hydrogen-bond donors (Lipinski definition) is 1. The summed E-state index contributed by atoms with van der Waals surface area (Å²) in [7, 11) is 0. The van der Waals surface area contributed by atoms with Gasteiger partial charge in [0.15, 0.2) is 0 Å². The highest BCUT2D eigenvalue weighted by atomic mass is 32.1. The Morgan fingerprint density at radius 2 is 2.25 bits per heavy atom. The van der Waals surface area contributed by atoms with Crippen LogP contribution in [0.25, 0.3) is 0 Å². The van der Waals surface area contributed by atoms with Crippen LogP contribution < -0.4 is 5.32 Å². The van der Waals surface area contributed by atoms with Crippen LogP contribution in [0, 0.1) is 0 Å². The maximum atomic E-state index is 5.54. The number of rotatable bonds is 4. The van der Waals surface area contributed by atoms with Crippen molar-refractivity contribution in [2.24, 2.45) is 0 Å². The van der Waals surface area contributed by atoms with Crippen molar-refractivity contribution in [1.29, 1.82) is 0 Å². The minimum atomic E-state index is 0.175. The van der Waals surface area contributed by atoms with Gasteiger partial charge < -0.3 is 10.1 Å². The molecule has 0 spiro atoms. The second-order valence-corrected chi connectivity index (χ2v) is 6.04. The summed E-state index contributed by atoms with van der Waals surface area (Å²) in [5, 5.41) is 3.64. The third-order valence-corrected chi connectivity index (χ3v) is 4.42. The molecule has 3 heteroatoms. The van der Waals surface area contributed by atoms with Crippen molar-refractivity contribution in [2.75, 3.05) is 13.2 Å². The fourth-order valence-electron chi connectivity index (χ4n) is 2.08. The number of ether oxygens (including phenoxy) is 1. The predicted octanol–water partition coefficient (Wildman–Crippen LogP) is 2.97. The Bertz CT molecular complexity index is 328. The Hall–Kier alpha value is -0.380. The molecule has 0 amide bonds. The van der Waals surface area contributed by atoms with Crippen LogP contribution in [-0.4, -0.2) is 18.8 Å². The molecule has 1 saturated heterocycles. The van der Waals surface area contributed by atoms with E-state index in [1.165, 1.54) is 22.6 Å². The summed E-state index contributed by atoms with van der Waals surface area (Å²) in [6, 6.07) is 4.48. The Morgan fingerprint density at radius 3 is 2.88 bits per heavy atom. The first-order valence-electron chi connectivity index (χ1n) is 6.12. The first-order valence-corrected chi connectivity index (χ1v) is 6.94. The van der Waals surface area contributed by atoms with Gasteiger partial charge in [-0.2, -0.15) is 0 Å². The summed E-state index contributed by atoms with van der Waals surface area (Å²) in [6.45, 7) is 7.22. The van der Waals surface area contributed by atoms with Crippen molar-refractivity contribution >= 4 is 11.3 Å². The molecular formula is C13H21NOS. The van der Waals surface area contributed by atoms with Gasteiger partial charge in [0.1, 0.15) is 0 Å². The van der Waals surface area contributed by atoms with E-state index in [0.717, 1.165) is 26.2 Å². The van der Waals surface area contributed by atoms with Crippen LogP contribution in [0.2, 0.25) is 0 Å². The van der Waals surface area contributed by atoms with E-state index in [4.69, 9.17) is 4.74 Å². The molecule has 16 heavy (non-hydrogen) atoms. The SMILES string of the molecule is CCc1ccc(CNC2(C)CCCOC2)s1. The van der Waals surface area contributed by atoms with Gasteiger partial charge in [-0.15, -0.1) is 11.3 Å². The van der Waals surface area contributed by atoms with Gasteiger partial charge in [0.2, 0.25) is 0 Å². The zero-order valence-corrected chi connectivity index (χ0v) is 11.0. The molecular weight excluding hydrogens is 218 g/mol. The lowest BCUT2D eigenvalue weighted by Gasteiger charge is -2.34. The molecule has 1 N–H and O–H groups in total. The van der Waals surface area contributed by atoms with Gasteiger partial charge in [-0.3, -0.25) is 0 Å². The number of hydrogen-bond acceptors (Lipinski definition) is 3. The number of aryl methyl sites for hydroxylation is 1. The minimum Gasteiger partial charge on any atom is -0.380 e. The Morgan fingerprint density at radius 1 is 1.44 bits per heavy atom. The summed E-state index contributed by atoms with van der Waals surface area (Å²) in [5.74, 6) is 0. The average molecular weight is 239 g/mol. The maximum absolute atomic E-state index is 5.54. The summed E-state index contributed by atoms with van der Waals surface area (Å²) >= 11 is 1.92. The first-order chi connectivity index (χ1) is 7.72. The smallest absolute Gasteiger partial charge is 0.0645 e. The summed E-state index contributed by atoms with van der Waals surface area (Å²) in [5.41, 5.74) is 0.175. The summed E-state index contributed by atoms with van der Waals surface area (Å²) in [4.78, 5) is 2.91. The monoisotopic (exact) mass is 239 g/mol. The summed E-state index contributed by atoms with van der Waals surface area (Å²) < 4.78 is 5.54. The van der Waals surface area contributed by atoms with Crippen molar-refractivity contribution in [3.63, 3.8) is 0 Å². The summed E-state index contributed by atoms with van der Waals surface area (Å²) in [6.07, 6.45) is 3.54. The van der Waals surface area contributed by atoms with Crippen LogP contribution in [0.1, 0.15) is 36.4 Å². The Kier molecular flexibility index (Phi) is 4.00. The molecule has 0 aliphatic carbocycles. The van der Waals surface area contributed by atoms with Crippen molar-refractivity contribution in [1.82, 2.24) is 5.32 Å². The lowest BCUT2D eigenvalue weighted by molar-refractivity contribution is 0.0279. The topological polar surface area (TPSA) is 21.3 Å². The van der Waals surface area contributed by atoms with E-state index in [-0.39, 0.29) is 5.54 Å². The molecule has 1 fully saturated rings. The number of nitrogens with one attached hydrogen (secondary N) is 1. The maximum Gasteiger partial charge on any atom is 0.0645 e. The van der Waals surface area contributed by atoms with Gasteiger partial charge in [0, 0.05) is 28.4 Å². The van der Waals surface area contributed by atoms with Gasteiger partial charge in [0.25, 0.3) is 0 Å². The molecule has 1 atom stereocenters. The Balaban J connectivity index is 1.86. The van der Waals surface area contributed by atoms with Crippen LogP contribution in [0.5, 0.6) is 0 Å². The molecule has 2 rings (SSSR count). The van der Waals surface area contributed by atoms with E-state index in [9.17, 15) is 0 Å². The second kappa shape index (κ2) is 5.30. The molecule has 1 aromatic rings. The van der Waals surface area contributed by atoms with Gasteiger partial charge in [-0.25, -0.2) is 0 Å². The van der Waals surface area contributed by atoms with Crippen molar-refractivity contribution in [2.45, 2.75) is 45.2 Å². The third-order valence-electron chi connectivity index (χ3n) is 3.19. The number of thiophene rings is 1. The van der Waals surface area contributed by atoms with Crippen LogP contribution in [0.4, 0.5) is 0 Å². The molecule has 1 aromatic heterocycles. The largest absolute Gasteiger partial charge is 0.380 e. The quantitative estimate of drug-likeness (QED) is 0.872. The van der Waals surface area contributed by atoms with Crippen LogP contribution in [-0.2, 0) is 17.7 Å². The molecule has 2 nitrogen and oxygen atoms in total. The van der Waals surface area contributed by atoms with E-state index < -0.39 is 0 Å². The third kappa shape index (κ3) is 3.06. The fourth-order valence-corrected chi connectivity index (χ4v) is 2.98. The standard InChI is InChI=1S/C13H21NOS/c1-3-11-5-6-12(16-11)9-14-13(2)7-4-8-15-10-13/h5-6,14H,3-4,7-10H2,1-2H3. The molecule has 0 aromatic carbocycles. The van der Waals surface area contributed by atoms with Gasteiger partial charge in [0.05, 0.1) is 6.61 Å². The highest BCUT2D eigenvalue weighted by molar-refractivity contribution is 7.11. The van der Waals surface area contributed by atoms with E-state index in [1.807, 2.05) is 11.3 Å². The molecule has 0 saturated carbocycles. The van der Waals surface area contributed by atoms with E-state index in [0.29, 0.717) is 0 Å². The van der Waals surface area contributed by atoms with Crippen LogP contribution >= 0.6 is 11.3 Å². The zero-order valence-electron chi connectivity index (χ0n) is 10.2. The lowest BCUT2D eigenvalue weighted by atomic mass is 9.95. The first kappa shape index (κ1) is 12.1. The van der Waals surface area contributed by atoms with Gasteiger partial charge >= 0.3 is 0 Å². The van der Waals surface area contributed by atoms with Crippen molar-refractivity contribution < 1.29 is 4.74 Å². The van der Waals surface area contributed by atoms with Crippen LogP contribution in [0.15, 0.2) is 12.1 Å². The molecule has 1 aliphatic heterocycles. The average Bonchev–Trinajstić information content (AvgIpc) is 2.75. The molecule has 0 radical (unpaired) electrons.